The van der Waals surface area contributed by atoms with Crippen molar-refractivity contribution in [1.29, 1.82) is 0 Å². The predicted octanol–water partition coefficient (Wildman–Crippen LogP) is 1.06. The molecule has 5 heteroatoms. The first-order valence-corrected chi connectivity index (χ1v) is 6.69. The van der Waals surface area contributed by atoms with Crippen LogP contribution in [0.15, 0.2) is 12.4 Å². The fourth-order valence-electron chi connectivity index (χ4n) is 2.15. The van der Waals surface area contributed by atoms with E-state index in [0.717, 1.165) is 18.8 Å². The maximum absolute atomic E-state index is 5.61. The lowest BCUT2D eigenvalue weighted by molar-refractivity contribution is 0.180. The number of nitrogens with zero attached hydrogens (tertiary/aromatic N) is 3. The van der Waals surface area contributed by atoms with Gasteiger partial charge in [0.1, 0.15) is 6.61 Å². The lowest BCUT2D eigenvalue weighted by Crippen LogP contribution is -2.33. The van der Waals surface area contributed by atoms with Gasteiger partial charge in [0, 0.05) is 13.1 Å². The van der Waals surface area contributed by atoms with E-state index in [-0.39, 0.29) is 0 Å². The topological polar surface area (TPSA) is 50.3 Å². The highest BCUT2D eigenvalue weighted by atomic mass is 16.5. The molecule has 0 radical (unpaired) electrons. The molecule has 1 N–H and O–H groups in total. The molecule has 0 atom stereocenters. The summed E-state index contributed by atoms with van der Waals surface area (Å²) in [4.78, 5) is 11.0. The summed E-state index contributed by atoms with van der Waals surface area (Å²) in [5, 5.41) is 3.04. The number of likely N-dealkylation sites (tertiary alicyclic amines) is 1. The van der Waals surface area contributed by atoms with Gasteiger partial charge >= 0.3 is 0 Å². The van der Waals surface area contributed by atoms with Crippen molar-refractivity contribution in [2.45, 2.75) is 25.8 Å². The number of nitrogens with one attached hydrogen (secondary N) is 1. The van der Waals surface area contributed by atoms with Crippen LogP contribution in [0.1, 0.15) is 25.0 Å². The predicted molar refractivity (Wildman–Crippen MR) is 70.6 cm³/mol. The second kappa shape index (κ2) is 7.28. The van der Waals surface area contributed by atoms with Gasteiger partial charge in [-0.15, -0.1) is 0 Å². The smallest absolute Gasteiger partial charge is 0.232 e. The van der Waals surface area contributed by atoms with Gasteiger partial charge in [0.05, 0.1) is 18.1 Å². The molecule has 100 valence electrons. The lowest BCUT2D eigenvalue weighted by Gasteiger charge is -2.25. The number of piperidine rings is 1. The summed E-state index contributed by atoms with van der Waals surface area (Å²) in [7, 11) is 1.89. The van der Waals surface area contributed by atoms with Gasteiger partial charge in [-0.05, 0) is 33.0 Å². The van der Waals surface area contributed by atoms with Gasteiger partial charge in [-0.2, -0.15) is 0 Å². The number of aromatic nitrogens is 2. The first-order valence-electron chi connectivity index (χ1n) is 6.69. The Kier molecular flexibility index (Phi) is 5.36. The molecule has 0 amide bonds. The number of ether oxygens (including phenoxy) is 1. The van der Waals surface area contributed by atoms with Crippen LogP contribution in [0.5, 0.6) is 5.88 Å². The number of hydrogen-bond donors (Lipinski definition) is 1. The van der Waals surface area contributed by atoms with E-state index >= 15 is 0 Å². The van der Waals surface area contributed by atoms with Gasteiger partial charge in [-0.1, -0.05) is 6.42 Å². The minimum absolute atomic E-state index is 0.617. The van der Waals surface area contributed by atoms with E-state index in [1.807, 2.05) is 7.05 Å². The van der Waals surface area contributed by atoms with Crippen LogP contribution in [0.2, 0.25) is 0 Å². The third-order valence-corrected chi connectivity index (χ3v) is 3.15. The van der Waals surface area contributed by atoms with E-state index in [2.05, 4.69) is 20.2 Å². The van der Waals surface area contributed by atoms with Gasteiger partial charge in [-0.25, -0.2) is 4.98 Å². The van der Waals surface area contributed by atoms with Crippen molar-refractivity contribution in [2.24, 2.45) is 0 Å². The van der Waals surface area contributed by atoms with E-state index in [1.165, 1.54) is 32.4 Å². The molecule has 1 aliphatic rings. The summed E-state index contributed by atoms with van der Waals surface area (Å²) >= 11 is 0. The third-order valence-electron chi connectivity index (χ3n) is 3.15. The van der Waals surface area contributed by atoms with Crippen molar-refractivity contribution in [3.05, 3.63) is 18.1 Å². The second-order valence-electron chi connectivity index (χ2n) is 4.63. The molecule has 2 rings (SSSR count). The summed E-state index contributed by atoms with van der Waals surface area (Å²) in [5.41, 5.74) is 0.931. The van der Waals surface area contributed by atoms with E-state index in [1.54, 1.807) is 12.4 Å². The molecule has 1 fully saturated rings. The minimum atomic E-state index is 0.617. The molecule has 1 aliphatic heterocycles. The first kappa shape index (κ1) is 13.2. The van der Waals surface area contributed by atoms with Crippen molar-refractivity contribution >= 4 is 0 Å². The Bertz CT molecular complexity index is 335. The van der Waals surface area contributed by atoms with E-state index in [0.29, 0.717) is 12.5 Å². The Hall–Kier alpha value is -1.20. The van der Waals surface area contributed by atoms with Crippen molar-refractivity contribution in [3.8, 4) is 5.88 Å². The van der Waals surface area contributed by atoms with Crippen LogP contribution in [-0.4, -0.2) is 48.2 Å². The Balaban J connectivity index is 1.69. The standard InChI is InChI=1S/C13H22N4O/c1-14-9-12-10-16-13(11-15-12)18-8-7-17-5-3-2-4-6-17/h10-11,14H,2-9H2,1H3. The van der Waals surface area contributed by atoms with Crippen LogP contribution in [-0.2, 0) is 6.54 Å². The average molecular weight is 250 g/mol. The summed E-state index contributed by atoms with van der Waals surface area (Å²) in [6.45, 7) is 4.83. The zero-order valence-corrected chi connectivity index (χ0v) is 11.1. The monoisotopic (exact) mass is 250 g/mol. The largest absolute Gasteiger partial charge is 0.475 e. The minimum Gasteiger partial charge on any atom is -0.475 e. The molecule has 0 aromatic carbocycles. The molecule has 1 saturated heterocycles. The second-order valence-corrected chi connectivity index (χ2v) is 4.63. The molecule has 0 unspecified atom stereocenters. The van der Waals surface area contributed by atoms with Crippen LogP contribution in [0.25, 0.3) is 0 Å². The first-order chi connectivity index (χ1) is 8.88. The van der Waals surface area contributed by atoms with Gasteiger partial charge in [0.2, 0.25) is 5.88 Å². The summed E-state index contributed by atoms with van der Waals surface area (Å²) < 4.78 is 5.61. The highest BCUT2D eigenvalue weighted by molar-refractivity contribution is 5.07. The molecular weight excluding hydrogens is 228 g/mol. The maximum atomic E-state index is 5.61. The zero-order valence-electron chi connectivity index (χ0n) is 11.1. The fourth-order valence-corrected chi connectivity index (χ4v) is 2.15. The normalized spacial score (nSPS) is 16.7. The average Bonchev–Trinajstić information content (AvgIpc) is 2.42. The Morgan fingerprint density at radius 2 is 2.06 bits per heavy atom. The molecule has 1 aromatic heterocycles. The maximum Gasteiger partial charge on any atom is 0.232 e. The zero-order chi connectivity index (χ0) is 12.6. The Labute approximate surface area is 109 Å². The Morgan fingerprint density at radius 1 is 1.22 bits per heavy atom. The third kappa shape index (κ3) is 4.23. The van der Waals surface area contributed by atoms with Crippen molar-refractivity contribution in [3.63, 3.8) is 0 Å². The Morgan fingerprint density at radius 3 is 2.72 bits per heavy atom. The van der Waals surface area contributed by atoms with Crippen LogP contribution in [0, 0.1) is 0 Å². The summed E-state index contributed by atoms with van der Waals surface area (Å²) in [5.74, 6) is 0.617. The molecule has 0 spiro atoms. The van der Waals surface area contributed by atoms with Crippen molar-refractivity contribution < 1.29 is 4.74 Å². The van der Waals surface area contributed by atoms with Crippen molar-refractivity contribution in [2.75, 3.05) is 33.3 Å². The van der Waals surface area contributed by atoms with Crippen LogP contribution in [0.3, 0.4) is 0 Å². The molecule has 18 heavy (non-hydrogen) atoms. The highest BCUT2D eigenvalue weighted by Crippen LogP contribution is 2.08. The van der Waals surface area contributed by atoms with E-state index in [4.69, 9.17) is 4.74 Å². The van der Waals surface area contributed by atoms with Gasteiger partial charge in [-0.3, -0.25) is 9.88 Å². The number of hydrogen-bond acceptors (Lipinski definition) is 5. The van der Waals surface area contributed by atoms with Crippen LogP contribution < -0.4 is 10.1 Å². The SMILES string of the molecule is CNCc1cnc(OCCN2CCCCC2)cn1. The molecule has 0 aliphatic carbocycles. The molecule has 2 heterocycles. The fraction of sp³-hybridized carbons (Fsp3) is 0.692. The lowest BCUT2D eigenvalue weighted by atomic mass is 10.1. The molecule has 0 bridgehead atoms. The molecular formula is C13H22N4O. The molecule has 0 saturated carbocycles. The summed E-state index contributed by atoms with van der Waals surface area (Å²) in [6.07, 6.45) is 7.46. The van der Waals surface area contributed by atoms with E-state index in [9.17, 15) is 0 Å². The molecule has 1 aromatic rings. The molecule has 5 nitrogen and oxygen atoms in total. The van der Waals surface area contributed by atoms with E-state index < -0.39 is 0 Å². The van der Waals surface area contributed by atoms with Gasteiger partial charge in [0.15, 0.2) is 0 Å². The highest BCUT2D eigenvalue weighted by Gasteiger charge is 2.09. The van der Waals surface area contributed by atoms with Gasteiger partial charge in [0.25, 0.3) is 0 Å². The summed E-state index contributed by atoms with van der Waals surface area (Å²) in [6, 6.07) is 0. The van der Waals surface area contributed by atoms with Crippen molar-refractivity contribution in [1.82, 2.24) is 20.2 Å². The van der Waals surface area contributed by atoms with Crippen LogP contribution in [0.4, 0.5) is 0 Å². The number of rotatable bonds is 6. The quantitative estimate of drug-likeness (QED) is 0.818. The van der Waals surface area contributed by atoms with Gasteiger partial charge < -0.3 is 10.1 Å². The van der Waals surface area contributed by atoms with Crippen LogP contribution >= 0.6 is 0 Å².